The molecule has 2 N–H and O–H groups in total. The Morgan fingerprint density at radius 1 is 1.29 bits per heavy atom. The fourth-order valence-corrected chi connectivity index (χ4v) is 3.02. The molecule has 1 aromatic heterocycles. The lowest BCUT2D eigenvalue weighted by molar-refractivity contribution is -0.130. The molecule has 0 saturated carbocycles. The number of piperidine rings is 1. The second kappa shape index (κ2) is 7.40. The van der Waals surface area contributed by atoms with Crippen LogP contribution in [0.4, 0.5) is 0 Å². The summed E-state index contributed by atoms with van der Waals surface area (Å²) < 4.78 is 5.96. The highest BCUT2D eigenvalue weighted by Gasteiger charge is 2.26. The normalized spacial score (nSPS) is 15.3. The number of amides is 1. The first kappa shape index (κ1) is 16.4. The molecule has 1 saturated heterocycles. The number of hydrogen-bond acceptors (Lipinski definition) is 5. The minimum Gasteiger partial charge on any atom is -0.437 e. The topological polar surface area (TPSA) is 81.3 Å². The second-order valence-corrected chi connectivity index (χ2v) is 6.02. The predicted octanol–water partition coefficient (Wildman–Crippen LogP) is 2.24. The van der Waals surface area contributed by atoms with Gasteiger partial charge in [0.25, 0.3) is 0 Å². The molecule has 0 aliphatic carbocycles. The summed E-state index contributed by atoms with van der Waals surface area (Å²) in [6.07, 6.45) is 5.01. The highest BCUT2D eigenvalue weighted by molar-refractivity contribution is 5.78. The van der Waals surface area contributed by atoms with Crippen LogP contribution in [-0.4, -0.2) is 40.4 Å². The number of hydrogen-bond donors (Lipinski definition) is 1. The van der Waals surface area contributed by atoms with Crippen molar-refractivity contribution in [2.24, 2.45) is 5.73 Å². The Bertz CT molecular complexity index is 712. The smallest absolute Gasteiger partial charge is 0.241 e. The maximum absolute atomic E-state index is 11.7. The standard InChI is InChI=1S/C18H22N4O2/c1-13-3-2-4-15(11-13)24-18-17(20-7-8-21-18)14-5-9-22(10-6-14)16(23)12-19/h2-4,7-8,11,14H,5-6,9-10,12,19H2,1H3. The zero-order valence-electron chi connectivity index (χ0n) is 13.8. The van der Waals surface area contributed by atoms with Crippen LogP contribution in [0.2, 0.25) is 0 Å². The summed E-state index contributed by atoms with van der Waals surface area (Å²) in [6, 6.07) is 7.86. The van der Waals surface area contributed by atoms with E-state index in [1.165, 1.54) is 0 Å². The molecule has 0 radical (unpaired) electrons. The molecule has 0 unspecified atom stereocenters. The third-order valence-electron chi connectivity index (χ3n) is 4.30. The second-order valence-electron chi connectivity index (χ2n) is 6.02. The van der Waals surface area contributed by atoms with E-state index >= 15 is 0 Å². The minimum absolute atomic E-state index is 0.00355. The third kappa shape index (κ3) is 3.71. The van der Waals surface area contributed by atoms with E-state index in [9.17, 15) is 4.79 Å². The van der Waals surface area contributed by atoms with Crippen molar-refractivity contribution >= 4 is 5.91 Å². The highest BCUT2D eigenvalue weighted by atomic mass is 16.5. The maximum Gasteiger partial charge on any atom is 0.241 e. The van der Waals surface area contributed by atoms with E-state index in [1.54, 1.807) is 12.4 Å². The Balaban J connectivity index is 1.74. The molecule has 1 aliphatic heterocycles. The summed E-state index contributed by atoms with van der Waals surface area (Å²) in [5.74, 6) is 1.54. The van der Waals surface area contributed by atoms with Gasteiger partial charge in [-0.05, 0) is 37.5 Å². The molecule has 6 heteroatoms. The Kier molecular flexibility index (Phi) is 5.05. The van der Waals surface area contributed by atoms with Crippen LogP contribution in [0.25, 0.3) is 0 Å². The monoisotopic (exact) mass is 326 g/mol. The first-order valence-electron chi connectivity index (χ1n) is 8.20. The maximum atomic E-state index is 11.7. The SMILES string of the molecule is Cc1cccc(Oc2nccnc2C2CCN(C(=O)CN)CC2)c1. The molecule has 0 atom stereocenters. The number of ether oxygens (including phenoxy) is 1. The fraction of sp³-hybridized carbons (Fsp3) is 0.389. The fourth-order valence-electron chi connectivity index (χ4n) is 3.02. The molecule has 1 fully saturated rings. The summed E-state index contributed by atoms with van der Waals surface area (Å²) in [6.45, 7) is 3.48. The van der Waals surface area contributed by atoms with E-state index in [0.717, 1.165) is 29.8 Å². The van der Waals surface area contributed by atoms with E-state index in [-0.39, 0.29) is 18.4 Å². The van der Waals surface area contributed by atoms with Crippen LogP contribution in [0, 0.1) is 6.92 Å². The minimum atomic E-state index is 0.00355. The number of nitrogens with two attached hydrogens (primary N) is 1. The quantitative estimate of drug-likeness (QED) is 0.932. The molecular formula is C18H22N4O2. The number of carbonyl (C=O) groups excluding carboxylic acids is 1. The molecule has 1 aromatic carbocycles. The number of aryl methyl sites for hydroxylation is 1. The third-order valence-corrected chi connectivity index (χ3v) is 4.30. The van der Waals surface area contributed by atoms with Crippen LogP contribution in [0.3, 0.4) is 0 Å². The Hall–Kier alpha value is -2.47. The molecule has 1 aliphatic rings. The van der Waals surface area contributed by atoms with Gasteiger partial charge in [-0.25, -0.2) is 4.98 Å². The molecule has 6 nitrogen and oxygen atoms in total. The zero-order chi connectivity index (χ0) is 16.9. The summed E-state index contributed by atoms with van der Waals surface area (Å²) in [5, 5.41) is 0. The molecule has 2 heterocycles. The predicted molar refractivity (Wildman–Crippen MR) is 90.9 cm³/mol. The van der Waals surface area contributed by atoms with E-state index in [0.29, 0.717) is 19.0 Å². The van der Waals surface area contributed by atoms with Gasteiger partial charge in [-0.15, -0.1) is 0 Å². The molecule has 1 amide bonds. The van der Waals surface area contributed by atoms with Gasteiger partial charge in [-0.1, -0.05) is 12.1 Å². The lowest BCUT2D eigenvalue weighted by atomic mass is 9.93. The molecule has 2 aromatic rings. The van der Waals surface area contributed by atoms with E-state index in [4.69, 9.17) is 10.5 Å². The molecule has 0 spiro atoms. The first-order chi connectivity index (χ1) is 11.7. The summed E-state index contributed by atoms with van der Waals surface area (Å²) in [4.78, 5) is 22.4. The Morgan fingerprint density at radius 3 is 2.75 bits per heavy atom. The van der Waals surface area contributed by atoms with Gasteiger partial charge in [0, 0.05) is 31.4 Å². The zero-order valence-corrected chi connectivity index (χ0v) is 13.8. The van der Waals surface area contributed by atoms with Gasteiger partial charge >= 0.3 is 0 Å². The van der Waals surface area contributed by atoms with Crippen LogP contribution in [0.1, 0.15) is 30.0 Å². The van der Waals surface area contributed by atoms with Gasteiger partial charge in [-0.2, -0.15) is 0 Å². The number of rotatable bonds is 4. The van der Waals surface area contributed by atoms with Crippen LogP contribution < -0.4 is 10.5 Å². The van der Waals surface area contributed by atoms with Crippen molar-refractivity contribution in [2.45, 2.75) is 25.7 Å². The summed E-state index contributed by atoms with van der Waals surface area (Å²) in [7, 11) is 0. The van der Waals surface area contributed by atoms with Gasteiger partial charge in [0.2, 0.25) is 11.8 Å². The van der Waals surface area contributed by atoms with Crippen molar-refractivity contribution in [2.75, 3.05) is 19.6 Å². The molecule has 0 bridgehead atoms. The van der Waals surface area contributed by atoms with Crippen molar-refractivity contribution in [1.82, 2.24) is 14.9 Å². The van der Waals surface area contributed by atoms with Gasteiger partial charge in [-0.3, -0.25) is 9.78 Å². The number of carbonyl (C=O) groups is 1. The largest absolute Gasteiger partial charge is 0.437 e. The van der Waals surface area contributed by atoms with Crippen LogP contribution in [0.15, 0.2) is 36.7 Å². The average molecular weight is 326 g/mol. The van der Waals surface area contributed by atoms with E-state index in [1.807, 2.05) is 36.1 Å². The number of aromatic nitrogens is 2. The van der Waals surface area contributed by atoms with Crippen molar-refractivity contribution in [1.29, 1.82) is 0 Å². The van der Waals surface area contributed by atoms with Crippen LogP contribution in [-0.2, 0) is 4.79 Å². The van der Waals surface area contributed by atoms with Gasteiger partial charge < -0.3 is 15.4 Å². The number of benzene rings is 1. The Morgan fingerprint density at radius 2 is 2.04 bits per heavy atom. The molecule has 3 rings (SSSR count). The lowest BCUT2D eigenvalue weighted by Crippen LogP contribution is -2.41. The van der Waals surface area contributed by atoms with Gasteiger partial charge in [0.15, 0.2) is 0 Å². The first-order valence-corrected chi connectivity index (χ1v) is 8.20. The van der Waals surface area contributed by atoms with Crippen molar-refractivity contribution in [3.63, 3.8) is 0 Å². The lowest BCUT2D eigenvalue weighted by Gasteiger charge is -2.31. The van der Waals surface area contributed by atoms with Gasteiger partial charge in [0.1, 0.15) is 11.4 Å². The highest BCUT2D eigenvalue weighted by Crippen LogP contribution is 2.33. The van der Waals surface area contributed by atoms with Crippen LogP contribution >= 0.6 is 0 Å². The van der Waals surface area contributed by atoms with Crippen molar-refractivity contribution < 1.29 is 9.53 Å². The molecular weight excluding hydrogens is 304 g/mol. The number of nitrogens with zero attached hydrogens (tertiary/aromatic N) is 3. The van der Waals surface area contributed by atoms with Gasteiger partial charge in [0.05, 0.1) is 6.54 Å². The van der Waals surface area contributed by atoms with Crippen LogP contribution in [0.5, 0.6) is 11.6 Å². The van der Waals surface area contributed by atoms with Crippen molar-refractivity contribution in [3.8, 4) is 11.6 Å². The van der Waals surface area contributed by atoms with E-state index in [2.05, 4.69) is 9.97 Å². The average Bonchev–Trinajstić information content (AvgIpc) is 2.62. The van der Waals surface area contributed by atoms with Crippen molar-refractivity contribution in [3.05, 3.63) is 47.9 Å². The molecule has 24 heavy (non-hydrogen) atoms. The summed E-state index contributed by atoms with van der Waals surface area (Å²) in [5.41, 5.74) is 7.43. The molecule has 126 valence electrons. The number of likely N-dealkylation sites (tertiary alicyclic amines) is 1. The Labute approximate surface area is 141 Å². The summed E-state index contributed by atoms with van der Waals surface area (Å²) >= 11 is 0. The van der Waals surface area contributed by atoms with E-state index < -0.39 is 0 Å².